The van der Waals surface area contributed by atoms with Crippen LogP contribution in [0.1, 0.15) is 72.9 Å². The molecule has 1 rings (SSSR count). The topological polar surface area (TPSA) is 18.5 Å². The number of benzene rings is 1. The fourth-order valence-corrected chi connectivity index (χ4v) is 4.65. The molecule has 0 spiro atoms. The Morgan fingerprint density at radius 3 is 1.67 bits per heavy atom. The van der Waals surface area contributed by atoms with Gasteiger partial charge < -0.3 is 8.85 Å². The van der Waals surface area contributed by atoms with Crippen molar-refractivity contribution in [2.75, 3.05) is 0 Å². The summed E-state index contributed by atoms with van der Waals surface area (Å²) >= 11 is 0. The van der Waals surface area contributed by atoms with Crippen LogP contribution in [-0.2, 0) is 12.8 Å². The molecule has 0 aromatic heterocycles. The van der Waals surface area contributed by atoms with E-state index in [1.54, 1.807) is 0 Å². The molecule has 0 N–H and O–H groups in total. The van der Waals surface area contributed by atoms with Crippen LogP contribution >= 0.6 is 0 Å². The standard InChI is InChI=1S/C23H44O2Si2/c1-13-15-18-16-19(24-26(9,10)22(3,4)5)17-21(20(18)14-2)25-27(11,12)23(6,7)8/h16-17H,13-15H2,1-12H3. The van der Waals surface area contributed by atoms with E-state index in [0.29, 0.717) is 0 Å². The van der Waals surface area contributed by atoms with Gasteiger partial charge in [0.2, 0.25) is 16.6 Å². The van der Waals surface area contributed by atoms with Crippen molar-refractivity contribution < 1.29 is 8.85 Å². The summed E-state index contributed by atoms with van der Waals surface area (Å²) in [5.41, 5.74) is 2.76. The minimum Gasteiger partial charge on any atom is -0.543 e. The Morgan fingerprint density at radius 1 is 0.778 bits per heavy atom. The molecule has 0 radical (unpaired) electrons. The Morgan fingerprint density at radius 2 is 1.26 bits per heavy atom. The molecule has 0 aliphatic heterocycles. The fourth-order valence-electron chi connectivity index (χ4n) is 2.59. The highest BCUT2D eigenvalue weighted by Crippen LogP contribution is 2.42. The first kappa shape index (κ1) is 24.3. The van der Waals surface area contributed by atoms with Gasteiger partial charge in [-0.15, -0.1) is 0 Å². The smallest absolute Gasteiger partial charge is 0.250 e. The lowest BCUT2D eigenvalue weighted by Gasteiger charge is -2.39. The Kier molecular flexibility index (Phi) is 7.49. The largest absolute Gasteiger partial charge is 0.543 e. The van der Waals surface area contributed by atoms with E-state index < -0.39 is 16.6 Å². The number of hydrogen-bond acceptors (Lipinski definition) is 2. The molecule has 0 atom stereocenters. The van der Waals surface area contributed by atoms with Crippen LogP contribution in [0.2, 0.25) is 36.3 Å². The molecule has 0 unspecified atom stereocenters. The van der Waals surface area contributed by atoms with E-state index in [1.807, 2.05) is 0 Å². The second kappa shape index (κ2) is 8.32. The summed E-state index contributed by atoms with van der Waals surface area (Å²) in [6.07, 6.45) is 3.21. The van der Waals surface area contributed by atoms with E-state index >= 15 is 0 Å². The Labute approximate surface area is 171 Å². The van der Waals surface area contributed by atoms with Crippen LogP contribution in [-0.4, -0.2) is 16.6 Å². The molecule has 0 saturated heterocycles. The maximum Gasteiger partial charge on any atom is 0.250 e. The van der Waals surface area contributed by atoms with Crippen molar-refractivity contribution in [2.24, 2.45) is 0 Å². The van der Waals surface area contributed by atoms with Crippen LogP contribution in [0.3, 0.4) is 0 Å². The third kappa shape index (κ3) is 5.86. The molecule has 0 aliphatic rings. The van der Waals surface area contributed by atoms with E-state index in [1.165, 1.54) is 11.1 Å². The van der Waals surface area contributed by atoms with Crippen molar-refractivity contribution >= 4 is 16.6 Å². The number of rotatable bonds is 7. The van der Waals surface area contributed by atoms with Gasteiger partial charge in [-0.2, -0.15) is 0 Å². The van der Waals surface area contributed by atoms with Crippen LogP contribution in [0.5, 0.6) is 11.5 Å². The Hall–Kier alpha value is -0.746. The first-order chi connectivity index (χ1) is 12.1. The van der Waals surface area contributed by atoms with Gasteiger partial charge in [0.1, 0.15) is 11.5 Å². The zero-order chi connectivity index (χ0) is 21.3. The molecule has 27 heavy (non-hydrogen) atoms. The molecule has 1 aromatic rings. The Balaban J connectivity index is 3.46. The van der Waals surface area contributed by atoms with Crippen LogP contribution < -0.4 is 8.85 Å². The number of hydrogen-bond donors (Lipinski definition) is 0. The highest BCUT2D eigenvalue weighted by Gasteiger charge is 2.41. The van der Waals surface area contributed by atoms with Gasteiger partial charge in [0.25, 0.3) is 0 Å². The molecule has 0 fully saturated rings. The van der Waals surface area contributed by atoms with Crippen molar-refractivity contribution in [1.82, 2.24) is 0 Å². The van der Waals surface area contributed by atoms with E-state index in [0.717, 1.165) is 30.8 Å². The Bertz CT molecular complexity index is 635. The second-order valence-electron chi connectivity index (χ2n) is 10.9. The van der Waals surface area contributed by atoms with E-state index in [9.17, 15) is 0 Å². The SMILES string of the molecule is CCCc1cc(O[Si](C)(C)C(C)(C)C)cc(O[Si](C)(C)C(C)(C)C)c1CC. The lowest BCUT2D eigenvalue weighted by atomic mass is 10.00. The first-order valence-electron chi connectivity index (χ1n) is 10.6. The third-order valence-electron chi connectivity index (χ3n) is 6.50. The molecule has 4 heteroatoms. The summed E-state index contributed by atoms with van der Waals surface area (Å²) < 4.78 is 13.5. The molecule has 0 amide bonds. The minimum absolute atomic E-state index is 0.180. The molecular weight excluding hydrogens is 364 g/mol. The van der Waals surface area contributed by atoms with Gasteiger partial charge in [-0.1, -0.05) is 61.8 Å². The van der Waals surface area contributed by atoms with Crippen molar-refractivity contribution in [3.63, 3.8) is 0 Å². The monoisotopic (exact) mass is 408 g/mol. The van der Waals surface area contributed by atoms with Crippen molar-refractivity contribution in [3.8, 4) is 11.5 Å². The van der Waals surface area contributed by atoms with Crippen molar-refractivity contribution in [2.45, 2.75) is 111 Å². The van der Waals surface area contributed by atoms with E-state index in [4.69, 9.17) is 8.85 Å². The molecule has 156 valence electrons. The molecule has 1 aromatic carbocycles. The summed E-state index contributed by atoms with van der Waals surface area (Å²) in [6.45, 7) is 27.5. The normalized spacial score (nSPS) is 13.6. The zero-order valence-corrected chi connectivity index (χ0v) is 22.1. The van der Waals surface area contributed by atoms with Crippen LogP contribution in [0.25, 0.3) is 0 Å². The van der Waals surface area contributed by atoms with Crippen molar-refractivity contribution in [3.05, 3.63) is 23.3 Å². The van der Waals surface area contributed by atoms with Crippen LogP contribution in [0.15, 0.2) is 12.1 Å². The van der Waals surface area contributed by atoms with Gasteiger partial charge >= 0.3 is 0 Å². The summed E-state index contributed by atoms with van der Waals surface area (Å²) in [7, 11) is -3.78. The predicted molar refractivity (Wildman–Crippen MR) is 125 cm³/mol. The summed E-state index contributed by atoms with van der Waals surface area (Å²) in [4.78, 5) is 0. The average molecular weight is 409 g/mol. The van der Waals surface area contributed by atoms with Gasteiger partial charge in [-0.25, -0.2) is 0 Å². The summed E-state index contributed by atoms with van der Waals surface area (Å²) in [5.74, 6) is 2.06. The molecule has 0 saturated carbocycles. The minimum atomic E-state index is -1.90. The number of aryl methyl sites for hydroxylation is 1. The van der Waals surface area contributed by atoms with Crippen LogP contribution in [0.4, 0.5) is 0 Å². The van der Waals surface area contributed by atoms with Gasteiger partial charge in [0.15, 0.2) is 0 Å². The lowest BCUT2D eigenvalue weighted by molar-refractivity contribution is 0.470. The van der Waals surface area contributed by atoms with Gasteiger partial charge in [-0.3, -0.25) is 0 Å². The van der Waals surface area contributed by atoms with Crippen molar-refractivity contribution in [1.29, 1.82) is 0 Å². The molecular formula is C23H44O2Si2. The van der Waals surface area contributed by atoms with Gasteiger partial charge in [0, 0.05) is 6.07 Å². The molecule has 0 heterocycles. The quantitative estimate of drug-likeness (QED) is 0.426. The van der Waals surface area contributed by atoms with Gasteiger partial charge in [-0.05, 0) is 66.3 Å². The molecule has 0 bridgehead atoms. The maximum absolute atomic E-state index is 6.79. The highest BCUT2D eigenvalue weighted by molar-refractivity contribution is 6.75. The summed E-state index contributed by atoms with van der Waals surface area (Å²) in [5, 5.41) is 0.362. The summed E-state index contributed by atoms with van der Waals surface area (Å²) in [6, 6.07) is 4.46. The fraction of sp³-hybridized carbons (Fsp3) is 0.739. The third-order valence-corrected chi connectivity index (χ3v) is 15.2. The van der Waals surface area contributed by atoms with Gasteiger partial charge in [0.05, 0.1) is 0 Å². The molecule has 2 nitrogen and oxygen atoms in total. The molecule has 0 aliphatic carbocycles. The van der Waals surface area contributed by atoms with E-state index in [2.05, 4.69) is 93.7 Å². The predicted octanol–water partition coefficient (Wildman–Crippen LogP) is 7.97. The van der Waals surface area contributed by atoms with E-state index in [-0.39, 0.29) is 10.1 Å². The first-order valence-corrected chi connectivity index (χ1v) is 16.4. The van der Waals surface area contributed by atoms with Crippen LogP contribution in [0, 0.1) is 0 Å². The average Bonchev–Trinajstić information content (AvgIpc) is 2.44. The zero-order valence-electron chi connectivity index (χ0n) is 20.1. The maximum atomic E-state index is 6.79. The second-order valence-corrected chi connectivity index (χ2v) is 20.3. The highest BCUT2D eigenvalue weighted by atomic mass is 28.4. The lowest BCUT2D eigenvalue weighted by Crippen LogP contribution is -2.44.